The molecule has 4 N–H and O–H groups in total. The Morgan fingerprint density at radius 1 is 1.14 bits per heavy atom. The molecule has 0 amide bonds. The lowest BCUT2D eigenvalue weighted by Gasteiger charge is -2.30. The number of nitrogens with zero attached hydrogens (tertiary/aromatic N) is 1. The van der Waals surface area contributed by atoms with Crippen LogP contribution in [0.2, 0.25) is 0 Å². The van der Waals surface area contributed by atoms with Gasteiger partial charge in [-0.2, -0.15) is 0 Å². The van der Waals surface area contributed by atoms with Crippen molar-refractivity contribution in [2.45, 2.75) is 48.8 Å². The Bertz CT molecular complexity index is 901. The molecule has 1 aliphatic carbocycles. The van der Waals surface area contributed by atoms with Crippen molar-refractivity contribution in [2.75, 3.05) is 13.1 Å². The SMILES string of the molecule is CCNC(=NCc1ccc(S(N)(=O)=O)s1)NCC1(c2ccccc2)CCCC1. The Labute approximate surface area is 171 Å². The van der Waals surface area contributed by atoms with Crippen molar-refractivity contribution in [1.82, 2.24) is 10.6 Å². The van der Waals surface area contributed by atoms with Gasteiger partial charge >= 0.3 is 0 Å². The molecule has 28 heavy (non-hydrogen) atoms. The van der Waals surface area contributed by atoms with E-state index in [1.807, 2.05) is 6.92 Å². The summed E-state index contributed by atoms with van der Waals surface area (Å²) in [6, 6.07) is 14.0. The van der Waals surface area contributed by atoms with Gasteiger partial charge in [0.1, 0.15) is 4.21 Å². The van der Waals surface area contributed by atoms with E-state index in [1.165, 1.54) is 37.3 Å². The minimum atomic E-state index is -3.65. The van der Waals surface area contributed by atoms with E-state index >= 15 is 0 Å². The van der Waals surface area contributed by atoms with Crippen molar-refractivity contribution >= 4 is 27.3 Å². The number of thiophene rings is 1. The van der Waals surface area contributed by atoms with Crippen LogP contribution in [-0.4, -0.2) is 27.5 Å². The van der Waals surface area contributed by atoms with Gasteiger partial charge < -0.3 is 10.6 Å². The summed E-state index contributed by atoms with van der Waals surface area (Å²) in [4.78, 5) is 5.50. The zero-order valence-corrected chi connectivity index (χ0v) is 17.8. The van der Waals surface area contributed by atoms with Crippen molar-refractivity contribution in [3.8, 4) is 0 Å². The van der Waals surface area contributed by atoms with E-state index in [0.29, 0.717) is 6.54 Å². The molecule has 3 rings (SSSR count). The second kappa shape index (κ2) is 9.07. The number of guanidine groups is 1. The molecule has 0 bridgehead atoms. The van der Waals surface area contributed by atoms with Crippen LogP contribution >= 0.6 is 11.3 Å². The van der Waals surface area contributed by atoms with Gasteiger partial charge in [0, 0.05) is 23.4 Å². The van der Waals surface area contributed by atoms with Gasteiger partial charge in [0.2, 0.25) is 10.0 Å². The van der Waals surface area contributed by atoms with Crippen LogP contribution in [0.3, 0.4) is 0 Å². The monoisotopic (exact) mass is 420 g/mol. The lowest BCUT2D eigenvalue weighted by Crippen LogP contribution is -2.44. The van der Waals surface area contributed by atoms with Crippen LogP contribution in [0.5, 0.6) is 0 Å². The van der Waals surface area contributed by atoms with Gasteiger partial charge in [-0.3, -0.25) is 0 Å². The zero-order chi connectivity index (χ0) is 20.0. The summed E-state index contributed by atoms with van der Waals surface area (Å²) in [5, 5.41) is 12.0. The Morgan fingerprint density at radius 2 is 1.86 bits per heavy atom. The van der Waals surface area contributed by atoms with Crippen molar-refractivity contribution in [1.29, 1.82) is 0 Å². The standard InChI is InChI=1S/C20H28N4O2S2/c1-2-22-19(23-14-17-10-11-18(27-17)28(21,25)26)24-15-20(12-6-7-13-20)16-8-4-3-5-9-16/h3-5,8-11H,2,6-7,12-15H2,1H3,(H2,21,25,26)(H2,22,23,24). The average Bonchev–Trinajstić information content (AvgIpc) is 3.35. The lowest BCUT2D eigenvalue weighted by molar-refractivity contribution is 0.432. The van der Waals surface area contributed by atoms with Gasteiger partial charge in [0.25, 0.3) is 0 Å². The van der Waals surface area contributed by atoms with Crippen LogP contribution in [0.25, 0.3) is 0 Å². The molecule has 1 heterocycles. The van der Waals surface area contributed by atoms with Crippen molar-refractivity contribution in [2.24, 2.45) is 10.1 Å². The van der Waals surface area contributed by atoms with Crippen LogP contribution in [-0.2, 0) is 22.0 Å². The molecule has 0 unspecified atom stereocenters. The maximum atomic E-state index is 11.4. The van der Waals surface area contributed by atoms with Crippen LogP contribution in [0, 0.1) is 0 Å². The Morgan fingerprint density at radius 3 is 2.46 bits per heavy atom. The van der Waals surface area contributed by atoms with Gasteiger partial charge in [-0.1, -0.05) is 43.2 Å². The molecule has 0 radical (unpaired) electrons. The van der Waals surface area contributed by atoms with Gasteiger partial charge in [-0.15, -0.1) is 11.3 Å². The zero-order valence-electron chi connectivity index (χ0n) is 16.1. The summed E-state index contributed by atoms with van der Waals surface area (Å²) in [6.07, 6.45) is 4.84. The molecule has 1 aliphatic rings. The Hall–Kier alpha value is -1.90. The quantitative estimate of drug-likeness (QED) is 0.474. The minimum absolute atomic E-state index is 0.140. The number of primary sulfonamides is 1. The van der Waals surface area contributed by atoms with E-state index in [2.05, 4.69) is 46.0 Å². The van der Waals surface area contributed by atoms with Gasteiger partial charge in [0.05, 0.1) is 6.54 Å². The first-order valence-corrected chi connectivity index (χ1v) is 12.0. The second-order valence-electron chi connectivity index (χ2n) is 7.17. The average molecular weight is 421 g/mol. The molecule has 1 fully saturated rings. The van der Waals surface area contributed by atoms with Crippen LogP contribution < -0.4 is 15.8 Å². The number of hydrogen-bond acceptors (Lipinski definition) is 4. The fourth-order valence-electron chi connectivity index (χ4n) is 3.76. The highest BCUT2D eigenvalue weighted by atomic mass is 32.2. The van der Waals surface area contributed by atoms with Gasteiger partial charge in [-0.25, -0.2) is 18.5 Å². The minimum Gasteiger partial charge on any atom is -0.357 e. The molecule has 152 valence electrons. The molecular formula is C20H28N4O2S2. The smallest absolute Gasteiger partial charge is 0.247 e. The number of aliphatic imine (C=N–C) groups is 1. The lowest BCUT2D eigenvalue weighted by atomic mass is 9.79. The molecular weight excluding hydrogens is 392 g/mol. The van der Waals surface area contributed by atoms with Crippen molar-refractivity contribution in [3.05, 3.63) is 52.9 Å². The maximum absolute atomic E-state index is 11.4. The third-order valence-corrected chi connectivity index (χ3v) is 7.70. The number of benzene rings is 1. The highest BCUT2D eigenvalue weighted by molar-refractivity contribution is 7.91. The van der Waals surface area contributed by atoms with E-state index in [0.717, 1.165) is 35.3 Å². The third kappa shape index (κ3) is 5.12. The Balaban J connectivity index is 1.70. The second-order valence-corrected chi connectivity index (χ2v) is 10.1. The molecule has 1 saturated carbocycles. The Kier molecular flexibility index (Phi) is 6.74. The van der Waals surface area contributed by atoms with Gasteiger partial charge in [0.15, 0.2) is 5.96 Å². The van der Waals surface area contributed by atoms with E-state index in [1.54, 1.807) is 6.07 Å². The number of hydrogen-bond donors (Lipinski definition) is 3. The van der Waals surface area contributed by atoms with E-state index in [9.17, 15) is 8.42 Å². The first-order valence-electron chi connectivity index (χ1n) is 9.62. The normalized spacial score (nSPS) is 16.9. The highest BCUT2D eigenvalue weighted by Crippen LogP contribution is 2.40. The van der Waals surface area contributed by atoms with Crippen LogP contribution in [0.1, 0.15) is 43.0 Å². The summed E-state index contributed by atoms with van der Waals surface area (Å²) in [5.74, 6) is 0.746. The fourth-order valence-corrected chi connectivity index (χ4v) is 5.46. The van der Waals surface area contributed by atoms with Gasteiger partial charge in [-0.05, 0) is 37.5 Å². The number of rotatable bonds is 7. The molecule has 0 saturated heterocycles. The summed E-state index contributed by atoms with van der Waals surface area (Å²) in [6.45, 7) is 4.03. The van der Waals surface area contributed by atoms with Crippen molar-refractivity contribution in [3.63, 3.8) is 0 Å². The first-order chi connectivity index (χ1) is 13.4. The predicted octanol–water partition coefficient (Wildman–Crippen LogP) is 2.96. The molecule has 8 heteroatoms. The molecule has 6 nitrogen and oxygen atoms in total. The van der Waals surface area contributed by atoms with Crippen LogP contribution in [0.15, 0.2) is 51.7 Å². The number of nitrogens with two attached hydrogens (primary N) is 1. The van der Waals surface area contributed by atoms with E-state index in [-0.39, 0.29) is 9.62 Å². The summed E-state index contributed by atoms with van der Waals surface area (Å²) in [5.41, 5.74) is 1.52. The first kappa shape index (κ1) is 20.8. The summed E-state index contributed by atoms with van der Waals surface area (Å²) < 4.78 is 23.0. The highest BCUT2D eigenvalue weighted by Gasteiger charge is 2.35. The number of nitrogens with one attached hydrogen (secondary N) is 2. The molecule has 1 aromatic heterocycles. The predicted molar refractivity (Wildman–Crippen MR) is 115 cm³/mol. The molecule has 0 aliphatic heterocycles. The maximum Gasteiger partial charge on any atom is 0.247 e. The summed E-state index contributed by atoms with van der Waals surface area (Å²) in [7, 11) is -3.65. The molecule has 2 aromatic rings. The summed E-state index contributed by atoms with van der Waals surface area (Å²) >= 11 is 1.16. The fraction of sp³-hybridized carbons (Fsp3) is 0.450. The third-order valence-electron chi connectivity index (χ3n) is 5.20. The van der Waals surface area contributed by atoms with Crippen molar-refractivity contribution < 1.29 is 8.42 Å². The largest absolute Gasteiger partial charge is 0.357 e. The molecule has 0 spiro atoms. The van der Waals surface area contributed by atoms with E-state index < -0.39 is 10.0 Å². The number of sulfonamides is 1. The van der Waals surface area contributed by atoms with Crippen LogP contribution in [0.4, 0.5) is 0 Å². The molecule has 0 atom stereocenters. The van der Waals surface area contributed by atoms with E-state index in [4.69, 9.17) is 5.14 Å². The topological polar surface area (TPSA) is 96.6 Å². The molecule has 1 aromatic carbocycles.